The van der Waals surface area contributed by atoms with Gasteiger partial charge in [0.15, 0.2) is 5.76 Å². The Hall–Kier alpha value is -1.13. The van der Waals surface area contributed by atoms with Gasteiger partial charge in [-0.05, 0) is 37.9 Å². The maximum absolute atomic E-state index is 5.70. The van der Waals surface area contributed by atoms with Gasteiger partial charge in [-0.25, -0.2) is 4.98 Å². The molecular weight excluding hydrogens is 208 g/mol. The van der Waals surface area contributed by atoms with E-state index in [2.05, 4.69) is 28.7 Å². The molecule has 0 amide bonds. The molecule has 1 atom stereocenters. The van der Waals surface area contributed by atoms with Gasteiger partial charge in [0.1, 0.15) is 0 Å². The number of aryl methyl sites for hydroxylation is 1. The normalized spacial score (nSPS) is 13.0. The standard InChI is InChI=1S/C11H14N2OS/c1-7-4-5-15-10(7)9-6-13-11(14-9)8(2)12-3/h4-6,8,12H,1-3H3. The van der Waals surface area contributed by atoms with Crippen LogP contribution in [0.2, 0.25) is 0 Å². The molecule has 0 aliphatic carbocycles. The fraction of sp³-hybridized carbons (Fsp3) is 0.364. The van der Waals surface area contributed by atoms with Crippen molar-refractivity contribution in [2.45, 2.75) is 19.9 Å². The third-order valence-corrected chi connectivity index (χ3v) is 3.44. The zero-order valence-electron chi connectivity index (χ0n) is 9.07. The van der Waals surface area contributed by atoms with E-state index in [1.807, 2.05) is 14.0 Å². The van der Waals surface area contributed by atoms with Crippen LogP contribution in [0.15, 0.2) is 22.1 Å². The molecule has 0 aromatic carbocycles. The minimum atomic E-state index is 0.152. The summed E-state index contributed by atoms with van der Waals surface area (Å²) in [4.78, 5) is 5.43. The zero-order chi connectivity index (χ0) is 10.8. The van der Waals surface area contributed by atoms with Gasteiger partial charge in [0, 0.05) is 0 Å². The van der Waals surface area contributed by atoms with Crippen molar-refractivity contribution >= 4 is 11.3 Å². The summed E-state index contributed by atoms with van der Waals surface area (Å²) in [5.74, 6) is 1.60. The first-order chi connectivity index (χ1) is 7.22. The Balaban J connectivity index is 2.32. The Morgan fingerprint density at radius 3 is 2.93 bits per heavy atom. The highest BCUT2D eigenvalue weighted by Gasteiger charge is 2.13. The largest absolute Gasteiger partial charge is 0.438 e. The Labute approximate surface area is 93.2 Å². The van der Waals surface area contributed by atoms with Crippen molar-refractivity contribution in [1.82, 2.24) is 10.3 Å². The Morgan fingerprint density at radius 2 is 2.33 bits per heavy atom. The fourth-order valence-corrected chi connectivity index (χ4v) is 2.21. The number of nitrogens with one attached hydrogen (secondary N) is 1. The van der Waals surface area contributed by atoms with Crippen LogP contribution >= 0.6 is 11.3 Å². The van der Waals surface area contributed by atoms with Gasteiger partial charge in [-0.2, -0.15) is 0 Å². The van der Waals surface area contributed by atoms with Crippen molar-refractivity contribution < 1.29 is 4.42 Å². The van der Waals surface area contributed by atoms with E-state index < -0.39 is 0 Å². The maximum Gasteiger partial charge on any atom is 0.211 e. The average molecular weight is 222 g/mol. The lowest BCUT2D eigenvalue weighted by atomic mass is 10.2. The molecule has 2 aromatic heterocycles. The van der Waals surface area contributed by atoms with Crippen LogP contribution in [-0.2, 0) is 0 Å². The summed E-state index contributed by atoms with van der Waals surface area (Å²) in [5.41, 5.74) is 1.24. The molecule has 0 saturated carbocycles. The summed E-state index contributed by atoms with van der Waals surface area (Å²) in [5, 5.41) is 5.17. The van der Waals surface area contributed by atoms with Crippen molar-refractivity contribution in [1.29, 1.82) is 0 Å². The highest BCUT2D eigenvalue weighted by atomic mass is 32.1. The van der Waals surface area contributed by atoms with Crippen LogP contribution < -0.4 is 5.32 Å². The fourth-order valence-electron chi connectivity index (χ4n) is 1.34. The van der Waals surface area contributed by atoms with E-state index in [1.165, 1.54) is 5.56 Å². The number of nitrogens with zero attached hydrogens (tertiary/aromatic N) is 1. The maximum atomic E-state index is 5.70. The van der Waals surface area contributed by atoms with Gasteiger partial charge in [0.05, 0.1) is 17.1 Å². The predicted molar refractivity (Wildman–Crippen MR) is 62.0 cm³/mol. The molecular formula is C11H14N2OS. The van der Waals surface area contributed by atoms with Crippen molar-refractivity contribution in [2.24, 2.45) is 0 Å². The minimum absolute atomic E-state index is 0.152. The lowest BCUT2D eigenvalue weighted by Gasteiger charge is -2.03. The van der Waals surface area contributed by atoms with E-state index in [0.717, 1.165) is 16.5 Å². The second-order valence-corrected chi connectivity index (χ2v) is 4.42. The van der Waals surface area contributed by atoms with Crippen LogP contribution in [0.4, 0.5) is 0 Å². The predicted octanol–water partition coefficient (Wildman–Crippen LogP) is 2.99. The van der Waals surface area contributed by atoms with Crippen molar-refractivity contribution in [3.63, 3.8) is 0 Å². The van der Waals surface area contributed by atoms with Gasteiger partial charge in [-0.3, -0.25) is 0 Å². The monoisotopic (exact) mass is 222 g/mol. The molecule has 0 saturated heterocycles. The molecule has 0 aliphatic heterocycles. The molecule has 0 radical (unpaired) electrons. The summed E-state index contributed by atoms with van der Waals surface area (Å²) >= 11 is 1.68. The van der Waals surface area contributed by atoms with Gasteiger partial charge in [0.25, 0.3) is 0 Å². The van der Waals surface area contributed by atoms with Crippen molar-refractivity contribution in [3.05, 3.63) is 29.1 Å². The van der Waals surface area contributed by atoms with Gasteiger partial charge in [-0.1, -0.05) is 0 Å². The van der Waals surface area contributed by atoms with Crippen molar-refractivity contribution in [3.8, 4) is 10.6 Å². The molecule has 15 heavy (non-hydrogen) atoms. The number of hydrogen-bond acceptors (Lipinski definition) is 4. The van der Waals surface area contributed by atoms with Crippen LogP contribution in [-0.4, -0.2) is 12.0 Å². The first kappa shape index (κ1) is 10.4. The van der Waals surface area contributed by atoms with Crippen LogP contribution in [0.25, 0.3) is 10.6 Å². The van der Waals surface area contributed by atoms with Crippen LogP contribution in [0.1, 0.15) is 24.4 Å². The van der Waals surface area contributed by atoms with Gasteiger partial charge in [0.2, 0.25) is 5.89 Å². The first-order valence-corrected chi connectivity index (χ1v) is 5.77. The number of thiophene rings is 1. The summed E-state index contributed by atoms with van der Waals surface area (Å²) < 4.78 is 5.70. The molecule has 0 fully saturated rings. The summed E-state index contributed by atoms with van der Waals surface area (Å²) in [6.07, 6.45) is 1.79. The van der Waals surface area contributed by atoms with Crippen LogP contribution in [0.5, 0.6) is 0 Å². The summed E-state index contributed by atoms with van der Waals surface area (Å²) in [6.45, 7) is 4.10. The Bertz CT molecular complexity index is 447. The third kappa shape index (κ3) is 1.96. The van der Waals surface area contributed by atoms with Gasteiger partial charge < -0.3 is 9.73 Å². The molecule has 4 heteroatoms. The SMILES string of the molecule is CNC(C)c1ncc(-c2sccc2C)o1. The molecule has 0 spiro atoms. The van der Waals surface area contributed by atoms with E-state index in [9.17, 15) is 0 Å². The Morgan fingerprint density at radius 1 is 1.53 bits per heavy atom. The quantitative estimate of drug-likeness (QED) is 0.867. The number of aromatic nitrogens is 1. The van der Waals surface area contributed by atoms with E-state index in [4.69, 9.17) is 4.42 Å². The molecule has 2 heterocycles. The molecule has 1 N–H and O–H groups in total. The molecule has 0 aliphatic rings. The smallest absolute Gasteiger partial charge is 0.211 e. The third-order valence-electron chi connectivity index (χ3n) is 2.41. The van der Waals surface area contributed by atoms with E-state index in [-0.39, 0.29) is 6.04 Å². The lowest BCUT2D eigenvalue weighted by Crippen LogP contribution is -2.12. The van der Waals surface area contributed by atoms with E-state index in [0.29, 0.717) is 0 Å². The van der Waals surface area contributed by atoms with E-state index in [1.54, 1.807) is 17.5 Å². The van der Waals surface area contributed by atoms with Gasteiger partial charge >= 0.3 is 0 Å². The minimum Gasteiger partial charge on any atom is -0.438 e. The molecule has 2 aromatic rings. The van der Waals surface area contributed by atoms with Crippen molar-refractivity contribution in [2.75, 3.05) is 7.05 Å². The summed E-state index contributed by atoms with van der Waals surface area (Å²) in [6, 6.07) is 2.24. The first-order valence-electron chi connectivity index (χ1n) is 4.90. The average Bonchev–Trinajstić information content (AvgIpc) is 2.84. The highest BCUT2D eigenvalue weighted by molar-refractivity contribution is 7.13. The second kappa shape index (κ2) is 4.16. The molecule has 0 bridgehead atoms. The second-order valence-electron chi connectivity index (χ2n) is 3.51. The van der Waals surface area contributed by atoms with Crippen LogP contribution in [0.3, 0.4) is 0 Å². The van der Waals surface area contributed by atoms with E-state index >= 15 is 0 Å². The summed E-state index contributed by atoms with van der Waals surface area (Å²) in [7, 11) is 1.89. The van der Waals surface area contributed by atoms with Gasteiger partial charge in [-0.15, -0.1) is 11.3 Å². The number of oxazole rings is 1. The molecule has 80 valence electrons. The lowest BCUT2D eigenvalue weighted by molar-refractivity contribution is 0.442. The number of rotatable bonds is 3. The van der Waals surface area contributed by atoms with Crippen LogP contribution in [0, 0.1) is 6.92 Å². The zero-order valence-corrected chi connectivity index (χ0v) is 9.89. The highest BCUT2D eigenvalue weighted by Crippen LogP contribution is 2.30. The molecule has 2 rings (SSSR count). The topological polar surface area (TPSA) is 38.1 Å². The number of hydrogen-bond donors (Lipinski definition) is 1. The molecule has 3 nitrogen and oxygen atoms in total. The Kier molecular flexibility index (Phi) is 2.88. The molecule has 1 unspecified atom stereocenters.